The molecule has 1 N–H and O–H groups in total. The number of benzene rings is 1. The topological polar surface area (TPSA) is 23.5 Å². The normalized spacial score (nSPS) is 19.9. The van der Waals surface area contributed by atoms with Crippen LogP contribution in [0.3, 0.4) is 0 Å². The van der Waals surface area contributed by atoms with Crippen LogP contribution in [-0.2, 0) is 0 Å². The second-order valence-electron chi connectivity index (χ2n) is 5.51. The minimum atomic E-state index is -0.216. The van der Waals surface area contributed by atoms with E-state index in [0.29, 0.717) is 0 Å². The summed E-state index contributed by atoms with van der Waals surface area (Å²) >= 11 is 0. The van der Waals surface area contributed by atoms with E-state index in [4.69, 9.17) is 0 Å². The largest absolute Gasteiger partial charge is 0.396 e. The van der Waals surface area contributed by atoms with E-state index < -0.39 is 0 Å². The maximum absolute atomic E-state index is 13.0. The standard InChI is InChI=1S/C17H24FNO/c1-2-3-4-10-19-11-9-17(15(12-19)13-20)14-5-7-16(18)8-6-14/h5-9,15,20H,2-4,10-13H2,1H3. The Bertz CT molecular complexity index is 441. The van der Waals surface area contributed by atoms with E-state index in [2.05, 4.69) is 17.9 Å². The molecule has 0 spiro atoms. The molecule has 1 atom stereocenters. The van der Waals surface area contributed by atoms with Crippen LogP contribution in [0, 0.1) is 11.7 Å². The van der Waals surface area contributed by atoms with Gasteiger partial charge in [-0.05, 0) is 36.2 Å². The third-order valence-electron chi connectivity index (χ3n) is 3.96. The van der Waals surface area contributed by atoms with Crippen molar-refractivity contribution < 1.29 is 9.50 Å². The smallest absolute Gasteiger partial charge is 0.123 e. The zero-order chi connectivity index (χ0) is 14.4. The maximum Gasteiger partial charge on any atom is 0.123 e. The first-order chi connectivity index (χ1) is 9.74. The predicted molar refractivity (Wildman–Crippen MR) is 80.9 cm³/mol. The monoisotopic (exact) mass is 277 g/mol. The van der Waals surface area contributed by atoms with Crippen LogP contribution in [0.4, 0.5) is 4.39 Å². The third-order valence-corrected chi connectivity index (χ3v) is 3.96. The molecular formula is C17H24FNO. The third kappa shape index (κ3) is 3.90. The lowest BCUT2D eigenvalue weighted by Crippen LogP contribution is -2.36. The molecule has 0 fully saturated rings. The van der Waals surface area contributed by atoms with Crippen molar-refractivity contribution >= 4 is 5.57 Å². The highest BCUT2D eigenvalue weighted by Gasteiger charge is 2.22. The fourth-order valence-corrected chi connectivity index (χ4v) is 2.80. The molecule has 0 radical (unpaired) electrons. The molecule has 0 saturated carbocycles. The molecule has 1 aliphatic heterocycles. The highest BCUT2D eigenvalue weighted by atomic mass is 19.1. The van der Waals surface area contributed by atoms with Crippen LogP contribution in [0.5, 0.6) is 0 Å². The molecule has 1 aliphatic rings. The van der Waals surface area contributed by atoms with Gasteiger partial charge in [0.2, 0.25) is 0 Å². The molecule has 0 saturated heterocycles. The number of aliphatic hydroxyl groups is 1. The van der Waals surface area contributed by atoms with Gasteiger partial charge < -0.3 is 5.11 Å². The molecule has 110 valence electrons. The average Bonchev–Trinajstić information content (AvgIpc) is 2.48. The first-order valence-electron chi connectivity index (χ1n) is 7.53. The van der Waals surface area contributed by atoms with Crippen LogP contribution >= 0.6 is 0 Å². The van der Waals surface area contributed by atoms with Crippen molar-refractivity contribution in [3.63, 3.8) is 0 Å². The van der Waals surface area contributed by atoms with Crippen LogP contribution in [0.1, 0.15) is 31.7 Å². The Labute approximate surface area is 120 Å². The molecule has 1 heterocycles. The van der Waals surface area contributed by atoms with Gasteiger partial charge in [-0.2, -0.15) is 0 Å². The minimum absolute atomic E-state index is 0.135. The van der Waals surface area contributed by atoms with Gasteiger partial charge in [0.25, 0.3) is 0 Å². The Morgan fingerprint density at radius 1 is 1.25 bits per heavy atom. The fraction of sp³-hybridized carbons (Fsp3) is 0.529. The molecule has 2 rings (SSSR count). The molecule has 2 nitrogen and oxygen atoms in total. The number of nitrogens with zero attached hydrogens (tertiary/aromatic N) is 1. The summed E-state index contributed by atoms with van der Waals surface area (Å²) in [4.78, 5) is 2.39. The molecule has 0 bridgehead atoms. The molecule has 0 aliphatic carbocycles. The highest BCUT2D eigenvalue weighted by Crippen LogP contribution is 2.28. The molecule has 20 heavy (non-hydrogen) atoms. The first kappa shape index (κ1) is 15.2. The van der Waals surface area contributed by atoms with E-state index >= 15 is 0 Å². The van der Waals surface area contributed by atoms with E-state index in [1.54, 1.807) is 12.1 Å². The number of halogens is 1. The van der Waals surface area contributed by atoms with Crippen LogP contribution in [0.15, 0.2) is 30.3 Å². The zero-order valence-corrected chi connectivity index (χ0v) is 12.2. The maximum atomic E-state index is 13.0. The second-order valence-corrected chi connectivity index (χ2v) is 5.51. The fourth-order valence-electron chi connectivity index (χ4n) is 2.80. The zero-order valence-electron chi connectivity index (χ0n) is 12.2. The lowest BCUT2D eigenvalue weighted by molar-refractivity contribution is 0.191. The number of rotatable bonds is 6. The number of aliphatic hydroxyl groups excluding tert-OH is 1. The lowest BCUT2D eigenvalue weighted by Gasteiger charge is -2.32. The van der Waals surface area contributed by atoms with Gasteiger partial charge >= 0.3 is 0 Å². The molecule has 1 unspecified atom stereocenters. The Morgan fingerprint density at radius 3 is 2.65 bits per heavy atom. The van der Waals surface area contributed by atoms with Crippen molar-refractivity contribution in [1.29, 1.82) is 0 Å². The van der Waals surface area contributed by atoms with Crippen molar-refractivity contribution in [3.05, 3.63) is 41.7 Å². The van der Waals surface area contributed by atoms with Crippen LogP contribution in [-0.4, -0.2) is 36.2 Å². The number of unbranched alkanes of at least 4 members (excludes halogenated alkanes) is 2. The summed E-state index contributed by atoms with van der Waals surface area (Å²) in [5, 5.41) is 9.63. The number of hydrogen-bond acceptors (Lipinski definition) is 2. The van der Waals surface area contributed by atoms with Crippen molar-refractivity contribution in [1.82, 2.24) is 4.90 Å². The molecule has 1 aromatic rings. The van der Waals surface area contributed by atoms with E-state index in [1.807, 2.05) is 0 Å². The van der Waals surface area contributed by atoms with Gasteiger partial charge in [0.1, 0.15) is 5.82 Å². The quantitative estimate of drug-likeness (QED) is 0.806. The lowest BCUT2D eigenvalue weighted by atomic mass is 9.89. The van der Waals surface area contributed by atoms with E-state index in [9.17, 15) is 9.50 Å². The van der Waals surface area contributed by atoms with E-state index in [-0.39, 0.29) is 18.3 Å². The highest BCUT2D eigenvalue weighted by molar-refractivity contribution is 5.68. The van der Waals surface area contributed by atoms with Gasteiger partial charge in [-0.1, -0.05) is 38.0 Å². The van der Waals surface area contributed by atoms with Crippen molar-refractivity contribution in [3.8, 4) is 0 Å². The van der Waals surface area contributed by atoms with Gasteiger partial charge in [0, 0.05) is 19.0 Å². The SMILES string of the molecule is CCCCCN1CC=C(c2ccc(F)cc2)C(CO)C1. The Kier molecular flexibility index (Phi) is 5.74. The van der Waals surface area contributed by atoms with Crippen molar-refractivity contribution in [2.75, 3.05) is 26.2 Å². The molecule has 0 aromatic heterocycles. The van der Waals surface area contributed by atoms with Crippen LogP contribution in [0.25, 0.3) is 5.57 Å². The van der Waals surface area contributed by atoms with Gasteiger partial charge in [0.05, 0.1) is 6.61 Å². The minimum Gasteiger partial charge on any atom is -0.396 e. The first-order valence-corrected chi connectivity index (χ1v) is 7.53. The Balaban J connectivity index is 2.04. The summed E-state index contributed by atoms with van der Waals surface area (Å²) in [5.41, 5.74) is 2.18. The molecule has 3 heteroatoms. The summed E-state index contributed by atoms with van der Waals surface area (Å²) in [6, 6.07) is 6.57. The molecular weight excluding hydrogens is 253 g/mol. The van der Waals surface area contributed by atoms with Gasteiger partial charge in [-0.25, -0.2) is 4.39 Å². The van der Waals surface area contributed by atoms with Crippen molar-refractivity contribution in [2.45, 2.75) is 26.2 Å². The molecule has 0 amide bonds. The Morgan fingerprint density at radius 2 is 2.00 bits per heavy atom. The average molecular weight is 277 g/mol. The predicted octanol–water partition coefficient (Wildman–Crippen LogP) is 3.32. The van der Waals surface area contributed by atoms with Crippen molar-refractivity contribution in [2.24, 2.45) is 5.92 Å². The summed E-state index contributed by atoms with van der Waals surface area (Å²) < 4.78 is 13.0. The number of hydrogen-bond donors (Lipinski definition) is 1. The van der Waals surface area contributed by atoms with Gasteiger partial charge in [0.15, 0.2) is 0 Å². The Hall–Kier alpha value is -1.19. The summed E-state index contributed by atoms with van der Waals surface area (Å²) in [6.07, 6.45) is 5.89. The van der Waals surface area contributed by atoms with Gasteiger partial charge in [-0.3, -0.25) is 4.90 Å². The second kappa shape index (κ2) is 7.55. The van der Waals surface area contributed by atoms with Crippen LogP contribution in [0.2, 0.25) is 0 Å². The molecule has 1 aromatic carbocycles. The summed E-state index contributed by atoms with van der Waals surface area (Å²) in [6.45, 7) is 5.26. The summed E-state index contributed by atoms with van der Waals surface area (Å²) in [5.74, 6) is -0.0808. The van der Waals surface area contributed by atoms with Crippen LogP contribution < -0.4 is 0 Å². The van der Waals surface area contributed by atoms with Gasteiger partial charge in [-0.15, -0.1) is 0 Å². The van der Waals surface area contributed by atoms with E-state index in [1.165, 1.54) is 31.4 Å². The van der Waals surface area contributed by atoms with E-state index in [0.717, 1.165) is 30.8 Å². The summed E-state index contributed by atoms with van der Waals surface area (Å²) in [7, 11) is 0.